The maximum atomic E-state index is 12.2. The number of thioether (sulfide) groups is 1. The molecule has 5 nitrogen and oxygen atoms in total. The Bertz CT molecular complexity index is 1000. The van der Waals surface area contributed by atoms with Crippen LogP contribution in [0.2, 0.25) is 0 Å². The Hall–Kier alpha value is -2.51. The molecule has 3 rings (SSSR count). The highest BCUT2D eigenvalue weighted by molar-refractivity contribution is 8.26. The maximum absolute atomic E-state index is 12.2. The van der Waals surface area contributed by atoms with Gasteiger partial charge in [-0.05, 0) is 67.8 Å². The van der Waals surface area contributed by atoms with Crippen molar-refractivity contribution in [3.8, 4) is 17.2 Å². The summed E-state index contributed by atoms with van der Waals surface area (Å²) in [5, 5.41) is 0. The van der Waals surface area contributed by atoms with Gasteiger partial charge >= 0.3 is 0 Å². The van der Waals surface area contributed by atoms with E-state index in [1.807, 2.05) is 37.3 Å². The van der Waals surface area contributed by atoms with Crippen molar-refractivity contribution >= 4 is 40.3 Å². The van der Waals surface area contributed by atoms with Crippen molar-refractivity contribution in [2.45, 2.75) is 27.2 Å². The van der Waals surface area contributed by atoms with E-state index < -0.39 is 0 Å². The number of thiocarbonyl (C=S) groups is 1. The molecule has 7 heteroatoms. The van der Waals surface area contributed by atoms with Gasteiger partial charge in [-0.15, -0.1) is 0 Å². The molecular formula is C24H27NO4S2. The Balaban J connectivity index is 1.57. The highest BCUT2D eigenvalue weighted by Crippen LogP contribution is 2.34. The van der Waals surface area contributed by atoms with E-state index in [0.29, 0.717) is 40.5 Å². The van der Waals surface area contributed by atoms with Gasteiger partial charge in [-0.25, -0.2) is 0 Å². The lowest BCUT2D eigenvalue weighted by molar-refractivity contribution is -0.121. The third-order valence-corrected chi connectivity index (χ3v) is 6.33. The number of likely N-dealkylation sites (N-methyl/N-ethyl adjacent to an activating group) is 1. The molecule has 0 spiro atoms. The standard InChI is InChI=1S/C24H27NO4S2/c1-5-27-21-14-18(15-22-23(26)25(4)24(30)31-22)8-10-20(21)29-12-6-11-28-19-9-7-16(2)17(3)13-19/h7-10,13-15H,5-6,11-12H2,1-4H3/b22-15+. The first kappa shape index (κ1) is 23.2. The van der Waals surface area contributed by atoms with Gasteiger partial charge in [0.2, 0.25) is 0 Å². The molecule has 1 aliphatic heterocycles. The van der Waals surface area contributed by atoms with Gasteiger partial charge in [-0.2, -0.15) is 0 Å². The van der Waals surface area contributed by atoms with E-state index in [2.05, 4.69) is 26.0 Å². The van der Waals surface area contributed by atoms with Gasteiger partial charge in [0.15, 0.2) is 11.5 Å². The molecule has 1 fully saturated rings. The number of amides is 1. The maximum Gasteiger partial charge on any atom is 0.265 e. The normalized spacial score (nSPS) is 15.0. The minimum absolute atomic E-state index is 0.0861. The summed E-state index contributed by atoms with van der Waals surface area (Å²) in [6.45, 7) is 7.70. The minimum atomic E-state index is -0.0861. The van der Waals surface area contributed by atoms with Gasteiger partial charge in [0.25, 0.3) is 5.91 Å². The summed E-state index contributed by atoms with van der Waals surface area (Å²) in [5.41, 5.74) is 3.34. The fraction of sp³-hybridized carbons (Fsp3) is 0.333. The van der Waals surface area contributed by atoms with Gasteiger partial charge in [0.05, 0.1) is 24.7 Å². The molecule has 164 valence electrons. The summed E-state index contributed by atoms with van der Waals surface area (Å²) in [4.78, 5) is 14.3. The Morgan fingerprint density at radius 2 is 1.77 bits per heavy atom. The predicted molar refractivity (Wildman–Crippen MR) is 130 cm³/mol. The van der Waals surface area contributed by atoms with Crippen molar-refractivity contribution in [2.24, 2.45) is 0 Å². The molecule has 1 heterocycles. The van der Waals surface area contributed by atoms with E-state index in [9.17, 15) is 4.79 Å². The van der Waals surface area contributed by atoms with E-state index >= 15 is 0 Å². The summed E-state index contributed by atoms with van der Waals surface area (Å²) < 4.78 is 18.0. The van der Waals surface area contributed by atoms with Gasteiger partial charge < -0.3 is 14.2 Å². The van der Waals surface area contributed by atoms with Crippen LogP contribution in [-0.2, 0) is 4.79 Å². The monoisotopic (exact) mass is 457 g/mol. The number of hydrogen-bond donors (Lipinski definition) is 0. The van der Waals surface area contributed by atoms with Crippen molar-refractivity contribution in [3.05, 3.63) is 58.0 Å². The molecule has 0 aromatic heterocycles. The average molecular weight is 458 g/mol. The van der Waals surface area contributed by atoms with E-state index in [4.69, 9.17) is 26.4 Å². The van der Waals surface area contributed by atoms with Crippen LogP contribution in [0.25, 0.3) is 6.08 Å². The Labute approximate surface area is 193 Å². The number of rotatable bonds is 9. The second kappa shape index (κ2) is 10.7. The lowest BCUT2D eigenvalue weighted by atomic mass is 10.1. The van der Waals surface area contributed by atoms with Crippen molar-refractivity contribution in [1.29, 1.82) is 0 Å². The van der Waals surface area contributed by atoms with Gasteiger partial charge in [-0.3, -0.25) is 9.69 Å². The molecule has 2 aromatic carbocycles. The van der Waals surface area contributed by atoms with Crippen LogP contribution in [-0.4, -0.2) is 42.0 Å². The Kier molecular flexibility index (Phi) is 7.98. The molecule has 2 aromatic rings. The highest BCUT2D eigenvalue weighted by atomic mass is 32.2. The third kappa shape index (κ3) is 6.02. The summed E-state index contributed by atoms with van der Waals surface area (Å²) in [7, 11) is 1.69. The highest BCUT2D eigenvalue weighted by Gasteiger charge is 2.28. The Morgan fingerprint density at radius 1 is 1.00 bits per heavy atom. The minimum Gasteiger partial charge on any atom is -0.493 e. The molecule has 1 saturated heterocycles. The number of hydrogen-bond acceptors (Lipinski definition) is 6. The third-order valence-electron chi connectivity index (χ3n) is 4.85. The molecule has 0 radical (unpaired) electrons. The fourth-order valence-corrected chi connectivity index (χ4v) is 4.11. The number of nitrogens with zero attached hydrogens (tertiary/aromatic N) is 1. The molecule has 0 atom stereocenters. The number of carbonyl (C=O) groups is 1. The smallest absolute Gasteiger partial charge is 0.265 e. The van der Waals surface area contributed by atoms with Crippen molar-refractivity contribution in [2.75, 3.05) is 26.9 Å². The van der Waals surface area contributed by atoms with Crippen LogP contribution >= 0.6 is 24.0 Å². The second-order valence-corrected chi connectivity index (χ2v) is 8.85. The number of benzene rings is 2. The molecule has 31 heavy (non-hydrogen) atoms. The van der Waals surface area contributed by atoms with Gasteiger partial charge in [0, 0.05) is 13.5 Å². The average Bonchev–Trinajstić information content (AvgIpc) is 2.98. The van der Waals surface area contributed by atoms with Crippen LogP contribution < -0.4 is 14.2 Å². The summed E-state index contributed by atoms with van der Waals surface area (Å²) >= 11 is 6.49. The van der Waals surface area contributed by atoms with E-state index in [1.165, 1.54) is 27.8 Å². The lowest BCUT2D eigenvalue weighted by Crippen LogP contribution is -2.22. The summed E-state index contributed by atoms with van der Waals surface area (Å²) in [6.07, 6.45) is 2.58. The number of aryl methyl sites for hydroxylation is 2. The van der Waals surface area contributed by atoms with Crippen LogP contribution in [0.15, 0.2) is 41.3 Å². The zero-order valence-electron chi connectivity index (χ0n) is 18.3. The predicted octanol–water partition coefficient (Wildman–Crippen LogP) is 5.38. The molecule has 0 saturated carbocycles. The first-order valence-corrected chi connectivity index (χ1v) is 11.4. The second-order valence-electron chi connectivity index (χ2n) is 7.18. The van der Waals surface area contributed by atoms with Crippen molar-refractivity contribution in [3.63, 3.8) is 0 Å². The molecule has 0 N–H and O–H groups in total. The molecular weight excluding hydrogens is 430 g/mol. The molecule has 0 bridgehead atoms. The van der Waals surface area contributed by atoms with Crippen LogP contribution in [0, 0.1) is 13.8 Å². The first-order chi connectivity index (χ1) is 14.9. The van der Waals surface area contributed by atoms with Gasteiger partial charge in [0.1, 0.15) is 10.1 Å². The van der Waals surface area contributed by atoms with Crippen molar-refractivity contribution < 1.29 is 19.0 Å². The lowest BCUT2D eigenvalue weighted by Gasteiger charge is -2.13. The van der Waals surface area contributed by atoms with Crippen LogP contribution in [0.4, 0.5) is 0 Å². The Morgan fingerprint density at radius 3 is 2.45 bits per heavy atom. The van der Waals surface area contributed by atoms with Crippen LogP contribution in [0.3, 0.4) is 0 Å². The fourth-order valence-electron chi connectivity index (χ4n) is 2.93. The van der Waals surface area contributed by atoms with Crippen LogP contribution in [0.5, 0.6) is 17.2 Å². The largest absolute Gasteiger partial charge is 0.493 e. The molecule has 0 unspecified atom stereocenters. The quantitative estimate of drug-likeness (QED) is 0.286. The van der Waals surface area contributed by atoms with E-state index in [0.717, 1.165) is 17.7 Å². The van der Waals surface area contributed by atoms with Crippen LogP contribution in [0.1, 0.15) is 30.0 Å². The SMILES string of the molecule is CCOc1cc(/C=C2/SC(=S)N(C)C2=O)ccc1OCCCOc1ccc(C)c(C)c1. The van der Waals surface area contributed by atoms with Crippen molar-refractivity contribution in [1.82, 2.24) is 4.90 Å². The first-order valence-electron chi connectivity index (χ1n) is 10.2. The number of ether oxygens (including phenoxy) is 3. The topological polar surface area (TPSA) is 48.0 Å². The summed E-state index contributed by atoms with van der Waals surface area (Å²) in [6, 6.07) is 11.8. The molecule has 0 aliphatic carbocycles. The van der Waals surface area contributed by atoms with Gasteiger partial charge in [-0.1, -0.05) is 36.1 Å². The zero-order chi connectivity index (χ0) is 22.4. The summed E-state index contributed by atoms with van der Waals surface area (Å²) in [5.74, 6) is 2.11. The zero-order valence-corrected chi connectivity index (χ0v) is 19.9. The molecule has 1 amide bonds. The van der Waals surface area contributed by atoms with E-state index in [1.54, 1.807) is 7.05 Å². The number of carbonyl (C=O) groups excluding carboxylic acids is 1. The van der Waals surface area contributed by atoms with E-state index in [-0.39, 0.29) is 5.91 Å². The molecule has 1 aliphatic rings.